The van der Waals surface area contributed by atoms with Crippen molar-refractivity contribution in [1.29, 1.82) is 0 Å². The third-order valence-electron chi connectivity index (χ3n) is 3.45. The van der Waals surface area contributed by atoms with Gasteiger partial charge in [0.25, 0.3) is 10.0 Å². The quantitative estimate of drug-likeness (QED) is 0.855. The van der Waals surface area contributed by atoms with Gasteiger partial charge in [-0.25, -0.2) is 12.8 Å². The van der Waals surface area contributed by atoms with E-state index in [9.17, 15) is 12.8 Å². The van der Waals surface area contributed by atoms with Crippen LogP contribution in [0.2, 0.25) is 5.02 Å². The van der Waals surface area contributed by atoms with E-state index in [0.29, 0.717) is 19.4 Å². The second kappa shape index (κ2) is 5.64. The molecule has 1 aliphatic heterocycles. The molecule has 0 aliphatic carbocycles. The van der Waals surface area contributed by atoms with Gasteiger partial charge in [-0.1, -0.05) is 17.7 Å². The first-order chi connectivity index (χ1) is 10.0. The van der Waals surface area contributed by atoms with Crippen LogP contribution < -0.4 is 0 Å². The van der Waals surface area contributed by atoms with Crippen LogP contribution in [0.25, 0.3) is 0 Å². The van der Waals surface area contributed by atoms with E-state index < -0.39 is 21.9 Å². The predicted molar refractivity (Wildman–Crippen MR) is 79.4 cm³/mol. The Morgan fingerprint density at radius 1 is 1.43 bits per heavy atom. The van der Waals surface area contributed by atoms with E-state index >= 15 is 0 Å². The van der Waals surface area contributed by atoms with Crippen molar-refractivity contribution in [3.63, 3.8) is 0 Å². The SMILES string of the molecule is O=S(=O)(c1cccs1)N1CCCC1c1nccc(Cl)c1F. The molecule has 0 amide bonds. The van der Waals surface area contributed by atoms with Gasteiger partial charge >= 0.3 is 0 Å². The number of nitrogens with zero attached hydrogens (tertiary/aromatic N) is 2. The molecule has 0 bridgehead atoms. The summed E-state index contributed by atoms with van der Waals surface area (Å²) < 4.78 is 41.0. The highest BCUT2D eigenvalue weighted by Crippen LogP contribution is 2.38. The standard InChI is InChI=1S/C13H12ClFN2O2S2/c14-9-5-6-16-13(12(9)15)10-3-1-7-17(10)21(18,19)11-4-2-8-20-11/h2,4-6,8,10H,1,3,7H2. The molecule has 1 saturated heterocycles. The van der Waals surface area contributed by atoms with Gasteiger partial charge in [-0.15, -0.1) is 11.3 Å². The minimum atomic E-state index is -3.62. The predicted octanol–water partition coefficient (Wildman–Crippen LogP) is 3.46. The zero-order valence-corrected chi connectivity index (χ0v) is 13.3. The van der Waals surface area contributed by atoms with Gasteiger partial charge in [-0.2, -0.15) is 4.31 Å². The van der Waals surface area contributed by atoms with Crippen molar-refractivity contribution in [3.05, 3.63) is 46.3 Å². The maximum absolute atomic E-state index is 14.1. The molecule has 1 unspecified atom stereocenters. The normalized spacial score (nSPS) is 20.0. The van der Waals surface area contributed by atoms with Crippen LogP contribution >= 0.6 is 22.9 Å². The van der Waals surface area contributed by atoms with Crippen LogP contribution in [0.3, 0.4) is 0 Å². The fourth-order valence-electron chi connectivity index (χ4n) is 2.49. The van der Waals surface area contributed by atoms with Crippen LogP contribution in [-0.2, 0) is 10.0 Å². The van der Waals surface area contributed by atoms with Crippen LogP contribution in [0, 0.1) is 5.82 Å². The molecular weight excluding hydrogens is 335 g/mol. The van der Waals surface area contributed by atoms with Gasteiger partial charge < -0.3 is 0 Å². The first kappa shape index (κ1) is 14.9. The van der Waals surface area contributed by atoms with Crippen molar-refractivity contribution in [1.82, 2.24) is 9.29 Å². The molecule has 112 valence electrons. The van der Waals surface area contributed by atoms with Gasteiger partial charge in [-0.3, -0.25) is 4.98 Å². The number of sulfonamides is 1. The van der Waals surface area contributed by atoms with Crippen molar-refractivity contribution in [3.8, 4) is 0 Å². The Hall–Kier alpha value is -1.02. The minimum absolute atomic E-state index is 0.0413. The van der Waals surface area contributed by atoms with Gasteiger partial charge in [0.05, 0.1) is 16.8 Å². The fraction of sp³-hybridized carbons (Fsp3) is 0.308. The monoisotopic (exact) mass is 346 g/mol. The zero-order chi connectivity index (χ0) is 15.0. The van der Waals surface area contributed by atoms with Crippen LogP contribution in [-0.4, -0.2) is 24.3 Å². The smallest absolute Gasteiger partial charge is 0.253 e. The second-order valence-corrected chi connectivity index (χ2v) is 8.17. The molecular formula is C13H12ClFN2O2S2. The lowest BCUT2D eigenvalue weighted by molar-refractivity contribution is 0.379. The zero-order valence-electron chi connectivity index (χ0n) is 10.9. The van der Waals surface area contributed by atoms with Crippen LogP contribution in [0.4, 0.5) is 4.39 Å². The number of rotatable bonds is 3. The Kier molecular flexibility index (Phi) is 4.00. The van der Waals surface area contributed by atoms with Gasteiger partial charge in [0.2, 0.25) is 0 Å². The average Bonchev–Trinajstić information content (AvgIpc) is 3.12. The van der Waals surface area contributed by atoms with Crippen LogP contribution in [0.5, 0.6) is 0 Å². The number of pyridine rings is 1. The Balaban J connectivity index is 2.02. The molecule has 2 aromatic heterocycles. The molecule has 3 rings (SSSR count). The van der Waals surface area contributed by atoms with Crippen molar-refractivity contribution < 1.29 is 12.8 Å². The van der Waals surface area contributed by atoms with Crippen molar-refractivity contribution >= 4 is 33.0 Å². The highest BCUT2D eigenvalue weighted by molar-refractivity contribution is 7.91. The maximum atomic E-state index is 14.1. The van der Waals surface area contributed by atoms with E-state index in [-0.39, 0.29) is 14.9 Å². The molecule has 8 heteroatoms. The highest BCUT2D eigenvalue weighted by Gasteiger charge is 2.38. The summed E-state index contributed by atoms with van der Waals surface area (Å²) in [6, 6.07) is 3.99. The number of thiophene rings is 1. The number of hydrogen-bond donors (Lipinski definition) is 0. The summed E-state index contributed by atoms with van der Waals surface area (Å²) in [6.45, 7) is 0.360. The maximum Gasteiger partial charge on any atom is 0.253 e. The summed E-state index contributed by atoms with van der Waals surface area (Å²) >= 11 is 6.92. The van der Waals surface area contributed by atoms with Gasteiger partial charge in [0.1, 0.15) is 4.21 Å². The van der Waals surface area contributed by atoms with Gasteiger partial charge in [-0.05, 0) is 30.4 Å². The summed E-state index contributed by atoms with van der Waals surface area (Å²) in [5.41, 5.74) is 0.0973. The van der Waals surface area contributed by atoms with Crippen LogP contribution in [0.1, 0.15) is 24.6 Å². The number of hydrogen-bond acceptors (Lipinski definition) is 4. The summed E-state index contributed by atoms with van der Waals surface area (Å²) in [4.78, 5) is 4.00. The largest absolute Gasteiger partial charge is 0.256 e. The Labute approximate surface area is 131 Å². The minimum Gasteiger partial charge on any atom is -0.256 e. The molecule has 21 heavy (non-hydrogen) atoms. The van der Waals surface area contributed by atoms with E-state index in [1.54, 1.807) is 17.5 Å². The molecule has 3 heterocycles. The highest BCUT2D eigenvalue weighted by atomic mass is 35.5. The van der Waals surface area contributed by atoms with E-state index in [2.05, 4.69) is 4.98 Å². The Morgan fingerprint density at radius 2 is 2.24 bits per heavy atom. The molecule has 0 spiro atoms. The van der Waals surface area contributed by atoms with E-state index in [0.717, 1.165) is 11.3 Å². The number of aromatic nitrogens is 1. The Bertz CT molecular complexity index is 750. The summed E-state index contributed by atoms with van der Waals surface area (Å²) in [6.07, 6.45) is 2.60. The summed E-state index contributed by atoms with van der Waals surface area (Å²) in [5.74, 6) is -0.641. The molecule has 1 fully saturated rings. The first-order valence-electron chi connectivity index (χ1n) is 6.37. The number of halogens is 2. The lowest BCUT2D eigenvalue weighted by Crippen LogP contribution is -2.31. The molecule has 0 N–H and O–H groups in total. The molecule has 2 aromatic rings. The fourth-order valence-corrected chi connectivity index (χ4v) is 5.43. The topological polar surface area (TPSA) is 50.3 Å². The van der Waals surface area contributed by atoms with Crippen molar-refractivity contribution in [2.24, 2.45) is 0 Å². The van der Waals surface area contributed by atoms with Crippen LogP contribution in [0.15, 0.2) is 34.0 Å². The third kappa shape index (κ3) is 2.59. The molecule has 0 aromatic carbocycles. The van der Waals surface area contributed by atoms with Gasteiger partial charge in [0.15, 0.2) is 5.82 Å². The molecule has 0 radical (unpaired) electrons. The van der Waals surface area contributed by atoms with E-state index in [1.165, 1.54) is 16.6 Å². The molecule has 1 aliphatic rings. The Morgan fingerprint density at radius 3 is 2.95 bits per heavy atom. The molecule has 4 nitrogen and oxygen atoms in total. The van der Waals surface area contributed by atoms with Gasteiger partial charge in [0, 0.05) is 12.7 Å². The summed E-state index contributed by atoms with van der Waals surface area (Å²) in [5, 5.41) is 1.66. The van der Waals surface area contributed by atoms with E-state index in [1.807, 2.05) is 0 Å². The average molecular weight is 347 g/mol. The summed E-state index contributed by atoms with van der Waals surface area (Å²) in [7, 11) is -3.62. The molecule has 1 atom stereocenters. The molecule has 0 saturated carbocycles. The first-order valence-corrected chi connectivity index (χ1v) is 9.07. The lowest BCUT2D eigenvalue weighted by Gasteiger charge is -2.23. The third-order valence-corrected chi connectivity index (χ3v) is 7.02. The lowest BCUT2D eigenvalue weighted by atomic mass is 10.1. The van der Waals surface area contributed by atoms with Crippen molar-refractivity contribution in [2.75, 3.05) is 6.54 Å². The van der Waals surface area contributed by atoms with E-state index in [4.69, 9.17) is 11.6 Å². The van der Waals surface area contributed by atoms with Crippen molar-refractivity contribution in [2.45, 2.75) is 23.1 Å². The second-order valence-electron chi connectivity index (χ2n) is 4.70.